The van der Waals surface area contributed by atoms with Gasteiger partial charge in [-0.3, -0.25) is 0 Å². The third-order valence-corrected chi connectivity index (χ3v) is 6.28. The minimum Gasteiger partial charge on any atom is -0.377 e. The van der Waals surface area contributed by atoms with Gasteiger partial charge in [0.25, 0.3) is 0 Å². The molecule has 2 rings (SSSR count). The molecule has 0 aliphatic rings. The van der Waals surface area contributed by atoms with Crippen LogP contribution in [0.4, 0.5) is 10.1 Å². The van der Waals surface area contributed by atoms with Crippen LogP contribution < -0.4 is 5.32 Å². The van der Waals surface area contributed by atoms with Crippen LogP contribution in [0, 0.1) is 17.1 Å². The van der Waals surface area contributed by atoms with Crippen molar-refractivity contribution in [1.29, 1.82) is 5.26 Å². The number of hydrogen-bond acceptors (Lipinski definition) is 4. The molecule has 2 aromatic rings. The number of nitriles is 1. The molecular weight excluding hydrogens is 353 g/mol. The lowest BCUT2D eigenvalue weighted by atomic mass is 10.1. The quantitative estimate of drug-likeness (QED) is 0.796. The lowest BCUT2D eigenvalue weighted by Gasteiger charge is -2.20. The fraction of sp³-hybridized carbons (Fsp3) is 0.316. The molecule has 0 saturated carbocycles. The molecule has 1 unspecified atom stereocenters. The second-order valence-corrected chi connectivity index (χ2v) is 7.74. The Balaban J connectivity index is 2.24. The van der Waals surface area contributed by atoms with Gasteiger partial charge in [0, 0.05) is 19.1 Å². The second kappa shape index (κ2) is 8.30. The Bertz CT molecular complexity index is 901. The summed E-state index contributed by atoms with van der Waals surface area (Å²) in [4.78, 5) is 0.237. The average molecular weight is 375 g/mol. The largest absolute Gasteiger partial charge is 0.377 e. The first-order chi connectivity index (χ1) is 12.3. The van der Waals surface area contributed by atoms with Gasteiger partial charge in [-0.2, -0.15) is 9.57 Å². The number of anilines is 1. The molecule has 0 heterocycles. The van der Waals surface area contributed by atoms with Gasteiger partial charge in [0.05, 0.1) is 10.6 Å². The molecule has 0 bridgehead atoms. The van der Waals surface area contributed by atoms with E-state index in [1.54, 1.807) is 44.2 Å². The van der Waals surface area contributed by atoms with E-state index in [2.05, 4.69) is 5.32 Å². The highest BCUT2D eigenvalue weighted by Gasteiger charge is 2.21. The maximum atomic E-state index is 13.7. The van der Waals surface area contributed by atoms with Crippen molar-refractivity contribution < 1.29 is 12.8 Å². The zero-order valence-corrected chi connectivity index (χ0v) is 15.8. The summed E-state index contributed by atoms with van der Waals surface area (Å²) >= 11 is 0. The van der Waals surface area contributed by atoms with Gasteiger partial charge in [0.15, 0.2) is 0 Å². The van der Waals surface area contributed by atoms with E-state index in [1.807, 2.05) is 13.0 Å². The van der Waals surface area contributed by atoms with Gasteiger partial charge < -0.3 is 5.32 Å². The lowest BCUT2D eigenvalue weighted by Crippen LogP contribution is -2.30. The first kappa shape index (κ1) is 19.9. The van der Waals surface area contributed by atoms with Crippen LogP contribution in [0.25, 0.3) is 0 Å². The van der Waals surface area contributed by atoms with Crippen molar-refractivity contribution in [2.75, 3.05) is 18.4 Å². The average Bonchev–Trinajstić information content (AvgIpc) is 2.63. The summed E-state index contributed by atoms with van der Waals surface area (Å²) in [5.74, 6) is -0.578. The second-order valence-electron chi connectivity index (χ2n) is 5.80. The van der Waals surface area contributed by atoms with E-state index in [4.69, 9.17) is 5.26 Å². The van der Waals surface area contributed by atoms with Gasteiger partial charge in [0.2, 0.25) is 10.0 Å². The van der Waals surface area contributed by atoms with E-state index >= 15 is 0 Å². The fourth-order valence-electron chi connectivity index (χ4n) is 2.72. The summed E-state index contributed by atoms with van der Waals surface area (Å²) in [6.07, 6.45) is 0. The molecule has 5 nitrogen and oxygen atoms in total. The maximum Gasteiger partial charge on any atom is 0.243 e. The van der Waals surface area contributed by atoms with Crippen molar-refractivity contribution in [3.63, 3.8) is 0 Å². The molecule has 0 aromatic heterocycles. The third-order valence-electron chi connectivity index (χ3n) is 4.22. The Labute approximate surface area is 154 Å². The molecule has 0 aliphatic heterocycles. The van der Waals surface area contributed by atoms with Crippen molar-refractivity contribution >= 4 is 15.7 Å². The molecule has 0 amide bonds. The number of nitrogens with one attached hydrogen (secondary N) is 1. The number of rotatable bonds is 7. The van der Waals surface area contributed by atoms with Gasteiger partial charge in [-0.1, -0.05) is 32.0 Å². The minimum absolute atomic E-state index is 0.0416. The van der Waals surface area contributed by atoms with Crippen molar-refractivity contribution in [3.05, 3.63) is 59.4 Å². The van der Waals surface area contributed by atoms with Gasteiger partial charge >= 0.3 is 0 Å². The molecule has 7 heteroatoms. The van der Waals surface area contributed by atoms with Crippen LogP contribution in [0.1, 0.15) is 37.9 Å². The number of sulfonamides is 1. The smallest absolute Gasteiger partial charge is 0.243 e. The van der Waals surface area contributed by atoms with Crippen LogP contribution in [0.2, 0.25) is 0 Å². The number of nitrogens with zero attached hydrogens (tertiary/aromatic N) is 2. The van der Waals surface area contributed by atoms with Gasteiger partial charge in [0.1, 0.15) is 17.4 Å². The Morgan fingerprint density at radius 1 is 1.15 bits per heavy atom. The first-order valence-electron chi connectivity index (χ1n) is 8.40. The van der Waals surface area contributed by atoms with Crippen molar-refractivity contribution in [2.45, 2.75) is 31.7 Å². The number of halogens is 1. The normalized spacial score (nSPS) is 12.6. The highest BCUT2D eigenvalue weighted by molar-refractivity contribution is 7.89. The number of benzene rings is 2. The molecule has 26 heavy (non-hydrogen) atoms. The fourth-order valence-corrected chi connectivity index (χ4v) is 4.17. The van der Waals surface area contributed by atoms with E-state index < -0.39 is 15.8 Å². The lowest BCUT2D eigenvalue weighted by molar-refractivity contribution is 0.445. The molecule has 0 saturated heterocycles. The summed E-state index contributed by atoms with van der Waals surface area (Å²) in [7, 11) is -3.50. The predicted molar refractivity (Wildman–Crippen MR) is 99.7 cm³/mol. The molecule has 1 atom stereocenters. The predicted octanol–water partition coefficient (Wildman–Crippen LogP) is 3.90. The van der Waals surface area contributed by atoms with Crippen LogP contribution in [0.15, 0.2) is 47.4 Å². The minimum atomic E-state index is -3.50. The van der Waals surface area contributed by atoms with E-state index in [9.17, 15) is 12.8 Å². The Kier molecular flexibility index (Phi) is 6.35. The number of hydrogen-bond donors (Lipinski definition) is 1. The molecule has 0 spiro atoms. The summed E-state index contributed by atoms with van der Waals surface area (Å²) in [5.41, 5.74) is 1.19. The van der Waals surface area contributed by atoms with E-state index in [0.717, 1.165) is 5.56 Å². The SMILES string of the molecule is CCN(CC)S(=O)(=O)c1ccc(C(C)Nc2cccc(F)c2C#N)cc1. The van der Waals surface area contributed by atoms with E-state index in [0.29, 0.717) is 18.8 Å². The highest BCUT2D eigenvalue weighted by Crippen LogP contribution is 2.25. The Hall–Kier alpha value is -2.43. The third kappa shape index (κ3) is 4.03. The summed E-state index contributed by atoms with van der Waals surface area (Å²) in [5, 5.41) is 12.2. The van der Waals surface area contributed by atoms with Crippen LogP contribution in [0.3, 0.4) is 0 Å². The van der Waals surface area contributed by atoms with Crippen molar-refractivity contribution in [2.24, 2.45) is 0 Å². The standard InChI is InChI=1S/C19H22FN3O2S/c1-4-23(5-2)26(24,25)16-11-9-15(10-12-16)14(3)22-19-8-6-7-18(20)17(19)13-21/h6-12,14,22H,4-5H2,1-3H3. The first-order valence-corrected chi connectivity index (χ1v) is 9.84. The van der Waals surface area contributed by atoms with E-state index in [1.165, 1.54) is 16.4 Å². The molecule has 2 aromatic carbocycles. The summed E-state index contributed by atoms with van der Waals surface area (Å²) in [6, 6.07) is 12.6. The van der Waals surface area contributed by atoms with Crippen LogP contribution in [-0.4, -0.2) is 25.8 Å². The Morgan fingerprint density at radius 2 is 1.77 bits per heavy atom. The summed E-state index contributed by atoms with van der Waals surface area (Å²) in [6.45, 7) is 6.28. The highest BCUT2D eigenvalue weighted by atomic mass is 32.2. The summed E-state index contributed by atoms with van der Waals surface area (Å²) < 4.78 is 40.1. The van der Waals surface area contributed by atoms with Gasteiger partial charge in [-0.05, 0) is 36.8 Å². The van der Waals surface area contributed by atoms with Crippen LogP contribution in [0.5, 0.6) is 0 Å². The zero-order valence-electron chi connectivity index (χ0n) is 15.0. The monoisotopic (exact) mass is 375 g/mol. The molecule has 138 valence electrons. The maximum absolute atomic E-state index is 13.7. The van der Waals surface area contributed by atoms with Gasteiger partial charge in [-0.25, -0.2) is 12.8 Å². The zero-order chi connectivity index (χ0) is 19.3. The van der Waals surface area contributed by atoms with Crippen molar-refractivity contribution in [3.8, 4) is 6.07 Å². The molecule has 1 N–H and O–H groups in total. The van der Waals surface area contributed by atoms with Crippen molar-refractivity contribution in [1.82, 2.24) is 4.31 Å². The molecule has 0 aliphatic carbocycles. The Morgan fingerprint density at radius 3 is 2.31 bits per heavy atom. The van der Waals surface area contributed by atoms with E-state index in [-0.39, 0.29) is 16.5 Å². The van der Waals surface area contributed by atoms with Crippen LogP contribution >= 0.6 is 0 Å². The van der Waals surface area contributed by atoms with Gasteiger partial charge in [-0.15, -0.1) is 0 Å². The van der Waals surface area contributed by atoms with Crippen LogP contribution in [-0.2, 0) is 10.0 Å². The molecule has 0 fully saturated rings. The molecular formula is C19H22FN3O2S. The molecule has 0 radical (unpaired) electrons. The topological polar surface area (TPSA) is 73.2 Å².